The summed E-state index contributed by atoms with van der Waals surface area (Å²) in [6, 6.07) is 7.32. The highest BCUT2D eigenvalue weighted by atomic mass is 16.2. The Balaban J connectivity index is 2.15. The van der Waals surface area contributed by atoms with Gasteiger partial charge in [0, 0.05) is 25.6 Å². The molecule has 5 heteroatoms. The maximum atomic E-state index is 12.9. The van der Waals surface area contributed by atoms with E-state index in [1.807, 2.05) is 39.2 Å². The molecule has 0 bridgehead atoms. The van der Waals surface area contributed by atoms with Crippen LogP contribution < -0.4 is 10.2 Å². The first kappa shape index (κ1) is 19.4. The lowest BCUT2D eigenvalue weighted by Crippen LogP contribution is -2.47. The summed E-state index contributed by atoms with van der Waals surface area (Å²) < 4.78 is 0. The van der Waals surface area contributed by atoms with E-state index in [1.54, 1.807) is 18.0 Å². The minimum absolute atomic E-state index is 0.0000964. The minimum Gasteiger partial charge on any atom is -0.349 e. The van der Waals surface area contributed by atoms with E-state index in [4.69, 9.17) is 0 Å². The summed E-state index contributed by atoms with van der Waals surface area (Å²) >= 11 is 0. The molecule has 1 atom stereocenters. The van der Waals surface area contributed by atoms with E-state index < -0.39 is 0 Å². The minimum atomic E-state index is -0.134. The topological polar surface area (TPSA) is 52.7 Å². The average Bonchev–Trinajstić information content (AvgIpc) is 3.37. The molecule has 0 aliphatic heterocycles. The molecule has 1 fully saturated rings. The van der Waals surface area contributed by atoms with Crippen molar-refractivity contribution >= 4 is 17.5 Å². The monoisotopic (exact) mass is 345 g/mol. The fraction of sp³-hybridized carbons (Fsp3) is 0.600. The smallest absolute Gasteiger partial charge is 0.253 e. The summed E-state index contributed by atoms with van der Waals surface area (Å²) in [5.74, 6) is 0.0886. The number of carbonyl (C=O) groups excluding carboxylic acids is 2. The van der Waals surface area contributed by atoms with Crippen molar-refractivity contribution in [1.29, 1.82) is 0 Å². The zero-order valence-corrected chi connectivity index (χ0v) is 16.3. The number of hydrogen-bond acceptors (Lipinski definition) is 3. The highest BCUT2D eigenvalue weighted by Crippen LogP contribution is 2.33. The average molecular weight is 345 g/mol. The van der Waals surface area contributed by atoms with Gasteiger partial charge in [0.05, 0.1) is 11.3 Å². The van der Waals surface area contributed by atoms with Gasteiger partial charge in [-0.2, -0.15) is 0 Å². The SMILES string of the molecule is C[C@@H](NC(=O)c1ccccc1N(C)C(=O)C1CC1)C(C)(C)CN(C)C. The highest BCUT2D eigenvalue weighted by Gasteiger charge is 2.34. The number of carbonyl (C=O) groups is 2. The molecule has 2 rings (SSSR count). The first-order valence-electron chi connectivity index (χ1n) is 8.95. The van der Waals surface area contributed by atoms with E-state index in [0.717, 1.165) is 19.4 Å². The molecule has 25 heavy (non-hydrogen) atoms. The summed E-state index contributed by atoms with van der Waals surface area (Å²) in [7, 11) is 5.82. The summed E-state index contributed by atoms with van der Waals surface area (Å²) in [5, 5.41) is 3.12. The van der Waals surface area contributed by atoms with Crippen LogP contribution in [0.25, 0.3) is 0 Å². The quantitative estimate of drug-likeness (QED) is 0.827. The van der Waals surface area contributed by atoms with E-state index in [2.05, 4.69) is 24.1 Å². The van der Waals surface area contributed by atoms with Crippen molar-refractivity contribution in [2.24, 2.45) is 11.3 Å². The number of benzene rings is 1. The zero-order valence-electron chi connectivity index (χ0n) is 16.3. The normalized spacial score (nSPS) is 15.8. The van der Waals surface area contributed by atoms with Crippen molar-refractivity contribution in [3.05, 3.63) is 29.8 Å². The number of hydrogen-bond donors (Lipinski definition) is 1. The van der Waals surface area contributed by atoms with Gasteiger partial charge in [0.1, 0.15) is 0 Å². The third-order valence-electron chi connectivity index (χ3n) is 5.01. The second-order valence-electron chi connectivity index (χ2n) is 8.11. The Morgan fingerprint density at radius 2 is 1.80 bits per heavy atom. The van der Waals surface area contributed by atoms with Crippen molar-refractivity contribution in [3.8, 4) is 0 Å². The molecule has 0 spiro atoms. The molecule has 0 unspecified atom stereocenters. The van der Waals surface area contributed by atoms with Gasteiger partial charge in [-0.15, -0.1) is 0 Å². The number of rotatable bonds is 7. The van der Waals surface area contributed by atoms with Crippen LogP contribution in [0.4, 0.5) is 5.69 Å². The number of nitrogens with one attached hydrogen (secondary N) is 1. The maximum absolute atomic E-state index is 12.9. The van der Waals surface area contributed by atoms with E-state index in [9.17, 15) is 9.59 Å². The van der Waals surface area contributed by atoms with Gasteiger partial charge in [0.2, 0.25) is 5.91 Å². The molecule has 0 radical (unpaired) electrons. The predicted molar refractivity (Wildman–Crippen MR) is 102 cm³/mol. The summed E-state index contributed by atoms with van der Waals surface area (Å²) in [5.41, 5.74) is 1.16. The van der Waals surface area contributed by atoms with Crippen molar-refractivity contribution in [2.75, 3.05) is 32.6 Å². The first-order valence-corrected chi connectivity index (χ1v) is 8.95. The molecule has 2 amide bonds. The molecular formula is C20H31N3O2. The first-order chi connectivity index (χ1) is 11.6. The fourth-order valence-electron chi connectivity index (χ4n) is 3.10. The molecule has 1 saturated carbocycles. The Morgan fingerprint density at radius 1 is 1.20 bits per heavy atom. The lowest BCUT2D eigenvalue weighted by atomic mass is 9.84. The van der Waals surface area contributed by atoms with Gasteiger partial charge >= 0.3 is 0 Å². The van der Waals surface area contributed by atoms with Crippen LogP contribution in [0, 0.1) is 11.3 Å². The third kappa shape index (κ3) is 4.82. The number of amides is 2. The van der Waals surface area contributed by atoms with Crippen LogP contribution in [0.3, 0.4) is 0 Å². The maximum Gasteiger partial charge on any atom is 0.253 e. The largest absolute Gasteiger partial charge is 0.349 e. The van der Waals surface area contributed by atoms with Crippen molar-refractivity contribution in [3.63, 3.8) is 0 Å². The van der Waals surface area contributed by atoms with Crippen molar-refractivity contribution < 1.29 is 9.59 Å². The standard InChI is InChI=1S/C20H31N3O2/c1-14(20(2,3)13-22(4)5)21-18(24)16-9-7-8-10-17(16)23(6)19(25)15-11-12-15/h7-10,14-15H,11-13H2,1-6H3,(H,21,24)/t14-/m1/s1. The molecule has 138 valence electrons. The Kier molecular flexibility index (Phi) is 5.88. The molecule has 1 aromatic rings. The van der Waals surface area contributed by atoms with Crippen LogP contribution in [0.5, 0.6) is 0 Å². The Hall–Kier alpha value is -1.88. The number of nitrogens with zero attached hydrogens (tertiary/aromatic N) is 2. The predicted octanol–water partition coefficient (Wildman–Crippen LogP) is 2.77. The molecule has 0 aromatic heterocycles. The van der Waals surface area contributed by atoms with Crippen LogP contribution in [-0.2, 0) is 4.79 Å². The highest BCUT2D eigenvalue weighted by molar-refractivity contribution is 6.05. The number of anilines is 1. The van der Waals surface area contributed by atoms with Gasteiger partial charge < -0.3 is 15.1 Å². The van der Waals surface area contributed by atoms with Gasteiger partial charge in [-0.25, -0.2) is 0 Å². The molecule has 1 aromatic carbocycles. The molecule has 0 heterocycles. The Morgan fingerprint density at radius 3 is 2.36 bits per heavy atom. The van der Waals surface area contributed by atoms with Crippen molar-refractivity contribution in [2.45, 2.75) is 39.7 Å². The molecule has 1 aliphatic rings. The van der Waals surface area contributed by atoms with Gasteiger partial charge in [-0.1, -0.05) is 26.0 Å². The summed E-state index contributed by atoms with van der Waals surface area (Å²) in [6.45, 7) is 7.19. The van der Waals surface area contributed by atoms with Gasteiger partial charge in [0.25, 0.3) is 5.91 Å². The molecular weight excluding hydrogens is 314 g/mol. The van der Waals surface area contributed by atoms with E-state index >= 15 is 0 Å². The second kappa shape index (κ2) is 7.56. The lowest BCUT2D eigenvalue weighted by molar-refractivity contribution is -0.119. The second-order valence-corrected chi connectivity index (χ2v) is 8.11. The summed E-state index contributed by atoms with van der Waals surface area (Å²) in [4.78, 5) is 29.0. The third-order valence-corrected chi connectivity index (χ3v) is 5.01. The van der Waals surface area contributed by atoms with Gasteiger partial charge in [-0.3, -0.25) is 9.59 Å². The van der Waals surface area contributed by atoms with Crippen LogP contribution >= 0.6 is 0 Å². The van der Waals surface area contributed by atoms with E-state index in [1.165, 1.54) is 0 Å². The van der Waals surface area contributed by atoms with Gasteiger partial charge in [-0.05, 0) is 51.4 Å². The zero-order chi connectivity index (χ0) is 18.8. The molecule has 0 saturated heterocycles. The van der Waals surface area contributed by atoms with Crippen LogP contribution in [0.15, 0.2) is 24.3 Å². The Labute approximate surface area is 151 Å². The van der Waals surface area contributed by atoms with Crippen molar-refractivity contribution in [1.82, 2.24) is 10.2 Å². The molecule has 1 N–H and O–H groups in total. The van der Waals surface area contributed by atoms with Crippen LogP contribution in [0.2, 0.25) is 0 Å². The number of para-hydroxylation sites is 1. The van der Waals surface area contributed by atoms with E-state index in [-0.39, 0.29) is 29.2 Å². The van der Waals surface area contributed by atoms with Crippen LogP contribution in [-0.4, -0.2) is 50.4 Å². The van der Waals surface area contributed by atoms with Gasteiger partial charge in [0.15, 0.2) is 0 Å². The van der Waals surface area contributed by atoms with E-state index in [0.29, 0.717) is 11.3 Å². The Bertz CT molecular complexity index is 636. The molecule has 5 nitrogen and oxygen atoms in total. The summed E-state index contributed by atoms with van der Waals surface area (Å²) in [6.07, 6.45) is 1.90. The molecule has 1 aliphatic carbocycles. The lowest BCUT2D eigenvalue weighted by Gasteiger charge is -2.35. The fourth-order valence-corrected chi connectivity index (χ4v) is 3.10. The van der Waals surface area contributed by atoms with Crippen LogP contribution in [0.1, 0.15) is 44.0 Å².